The fourth-order valence-corrected chi connectivity index (χ4v) is 2.18. The fraction of sp³-hybridized carbons (Fsp3) is 0.900. The van der Waals surface area contributed by atoms with Crippen LogP contribution in [-0.2, 0) is 4.79 Å². The van der Waals surface area contributed by atoms with Gasteiger partial charge in [-0.05, 0) is 25.7 Å². The van der Waals surface area contributed by atoms with Crippen LogP contribution in [0.2, 0.25) is 0 Å². The predicted molar refractivity (Wildman–Crippen MR) is 52.9 cm³/mol. The van der Waals surface area contributed by atoms with Gasteiger partial charge in [0.1, 0.15) is 0 Å². The van der Waals surface area contributed by atoms with E-state index in [0.717, 1.165) is 6.42 Å². The van der Waals surface area contributed by atoms with Crippen LogP contribution < -0.4 is 5.73 Å². The zero-order valence-electron chi connectivity index (χ0n) is 8.71. The van der Waals surface area contributed by atoms with Crippen molar-refractivity contribution in [3.63, 3.8) is 0 Å². The SMILES string of the molecule is N[C@@]1(CO)CCN(C(=O)C2(F)CCC2)C1. The summed E-state index contributed by atoms with van der Waals surface area (Å²) in [7, 11) is 0. The van der Waals surface area contributed by atoms with Crippen molar-refractivity contribution in [1.82, 2.24) is 4.90 Å². The lowest BCUT2D eigenvalue weighted by atomic mass is 9.81. The first kappa shape index (κ1) is 10.8. The Morgan fingerprint density at radius 1 is 1.47 bits per heavy atom. The van der Waals surface area contributed by atoms with Crippen molar-refractivity contribution < 1.29 is 14.3 Å². The molecule has 2 rings (SSSR count). The maximum absolute atomic E-state index is 13.8. The minimum atomic E-state index is -1.64. The minimum Gasteiger partial charge on any atom is -0.394 e. The molecule has 86 valence electrons. The van der Waals surface area contributed by atoms with Crippen LogP contribution in [-0.4, -0.2) is 46.8 Å². The zero-order chi connectivity index (χ0) is 11.1. The summed E-state index contributed by atoms with van der Waals surface area (Å²) in [6.45, 7) is 0.575. The number of alkyl halides is 1. The summed E-state index contributed by atoms with van der Waals surface area (Å²) in [6, 6.07) is 0. The van der Waals surface area contributed by atoms with Crippen LogP contribution in [0, 0.1) is 0 Å². The average Bonchev–Trinajstić information content (AvgIpc) is 2.57. The van der Waals surface area contributed by atoms with Crippen LogP contribution in [0.25, 0.3) is 0 Å². The first-order chi connectivity index (χ1) is 6.99. The van der Waals surface area contributed by atoms with Gasteiger partial charge in [0.2, 0.25) is 0 Å². The number of aliphatic hydroxyl groups excluding tert-OH is 1. The first-order valence-corrected chi connectivity index (χ1v) is 5.37. The van der Waals surface area contributed by atoms with Crippen molar-refractivity contribution in [2.75, 3.05) is 19.7 Å². The van der Waals surface area contributed by atoms with E-state index in [1.807, 2.05) is 0 Å². The van der Waals surface area contributed by atoms with Crippen molar-refractivity contribution in [3.05, 3.63) is 0 Å². The number of carbonyl (C=O) groups is 1. The van der Waals surface area contributed by atoms with Gasteiger partial charge in [-0.3, -0.25) is 4.79 Å². The van der Waals surface area contributed by atoms with Crippen molar-refractivity contribution in [2.45, 2.75) is 36.9 Å². The number of likely N-dealkylation sites (tertiary alicyclic amines) is 1. The van der Waals surface area contributed by atoms with Gasteiger partial charge in [-0.2, -0.15) is 0 Å². The second-order valence-corrected chi connectivity index (χ2v) is 4.82. The second-order valence-electron chi connectivity index (χ2n) is 4.82. The van der Waals surface area contributed by atoms with Crippen molar-refractivity contribution >= 4 is 5.91 Å². The number of nitrogens with zero attached hydrogens (tertiary/aromatic N) is 1. The molecule has 1 amide bonds. The summed E-state index contributed by atoms with van der Waals surface area (Å²) in [5.41, 5.74) is 3.46. The Morgan fingerprint density at radius 2 is 2.13 bits per heavy atom. The molecule has 4 nitrogen and oxygen atoms in total. The van der Waals surface area contributed by atoms with Crippen LogP contribution in [0.15, 0.2) is 0 Å². The summed E-state index contributed by atoms with van der Waals surface area (Å²) in [5.74, 6) is -0.436. The monoisotopic (exact) mass is 216 g/mol. The Balaban J connectivity index is 1.99. The zero-order valence-corrected chi connectivity index (χ0v) is 8.71. The van der Waals surface area contributed by atoms with E-state index >= 15 is 0 Å². The molecule has 15 heavy (non-hydrogen) atoms. The van der Waals surface area contributed by atoms with E-state index in [4.69, 9.17) is 10.8 Å². The van der Waals surface area contributed by atoms with Crippen molar-refractivity contribution in [1.29, 1.82) is 0 Å². The van der Waals surface area contributed by atoms with E-state index in [1.54, 1.807) is 0 Å². The van der Waals surface area contributed by atoms with Crippen LogP contribution in [0.3, 0.4) is 0 Å². The standard InChI is InChI=1S/C10H17FN2O2/c11-10(2-1-3-10)8(15)13-5-4-9(12,6-13)7-14/h14H,1-7,12H2/t9-/m0/s1. The molecule has 0 aromatic carbocycles. The third kappa shape index (κ3) is 1.74. The number of nitrogens with two attached hydrogens (primary N) is 1. The number of amides is 1. The largest absolute Gasteiger partial charge is 0.394 e. The van der Waals surface area contributed by atoms with E-state index < -0.39 is 17.1 Å². The Hall–Kier alpha value is -0.680. The molecule has 1 heterocycles. The lowest BCUT2D eigenvalue weighted by Gasteiger charge is -2.36. The Morgan fingerprint density at radius 3 is 2.53 bits per heavy atom. The molecular weight excluding hydrogens is 199 g/mol. The Bertz CT molecular complexity index is 281. The van der Waals surface area contributed by atoms with Crippen LogP contribution in [0.1, 0.15) is 25.7 Å². The van der Waals surface area contributed by atoms with E-state index in [9.17, 15) is 9.18 Å². The fourth-order valence-electron chi connectivity index (χ4n) is 2.18. The predicted octanol–water partition coefficient (Wildman–Crippen LogP) is -0.199. The molecule has 0 unspecified atom stereocenters. The molecule has 1 atom stereocenters. The third-order valence-electron chi connectivity index (χ3n) is 3.52. The van der Waals surface area contributed by atoms with Gasteiger partial charge >= 0.3 is 0 Å². The summed E-state index contributed by atoms with van der Waals surface area (Å²) < 4.78 is 13.8. The highest BCUT2D eigenvalue weighted by Crippen LogP contribution is 2.38. The highest BCUT2D eigenvalue weighted by molar-refractivity contribution is 5.86. The summed E-state index contributed by atoms with van der Waals surface area (Å²) in [6.07, 6.45) is 1.99. The molecular formula is C10H17FN2O2. The lowest BCUT2D eigenvalue weighted by molar-refractivity contribution is -0.149. The van der Waals surface area contributed by atoms with Gasteiger partial charge in [0.25, 0.3) is 5.91 Å². The second kappa shape index (κ2) is 3.42. The summed E-state index contributed by atoms with van der Waals surface area (Å²) >= 11 is 0. The van der Waals surface area contributed by atoms with Gasteiger partial charge in [0.15, 0.2) is 5.67 Å². The van der Waals surface area contributed by atoms with E-state index in [0.29, 0.717) is 25.8 Å². The van der Waals surface area contributed by atoms with Gasteiger partial charge < -0.3 is 15.7 Å². The van der Waals surface area contributed by atoms with E-state index in [-0.39, 0.29) is 13.2 Å². The molecule has 2 fully saturated rings. The van der Waals surface area contributed by atoms with E-state index in [2.05, 4.69) is 0 Å². The molecule has 1 aliphatic heterocycles. The lowest BCUT2D eigenvalue weighted by Crippen LogP contribution is -2.52. The highest BCUT2D eigenvalue weighted by atomic mass is 19.1. The van der Waals surface area contributed by atoms with Crippen LogP contribution >= 0.6 is 0 Å². The smallest absolute Gasteiger partial charge is 0.260 e. The summed E-state index contributed by atoms with van der Waals surface area (Å²) in [4.78, 5) is 13.2. The molecule has 0 bridgehead atoms. The van der Waals surface area contributed by atoms with Gasteiger partial charge in [-0.1, -0.05) is 0 Å². The van der Waals surface area contributed by atoms with Gasteiger partial charge in [0, 0.05) is 13.1 Å². The number of carbonyl (C=O) groups excluding carboxylic acids is 1. The molecule has 0 aromatic heterocycles. The van der Waals surface area contributed by atoms with Gasteiger partial charge in [-0.15, -0.1) is 0 Å². The molecule has 0 spiro atoms. The van der Waals surface area contributed by atoms with Gasteiger partial charge in [-0.25, -0.2) is 4.39 Å². The Labute approximate surface area is 88.2 Å². The topological polar surface area (TPSA) is 66.6 Å². The molecule has 0 radical (unpaired) electrons. The van der Waals surface area contributed by atoms with Crippen molar-refractivity contribution in [2.24, 2.45) is 5.73 Å². The molecule has 3 N–H and O–H groups in total. The molecule has 0 aromatic rings. The maximum Gasteiger partial charge on any atom is 0.260 e. The molecule has 2 aliphatic rings. The van der Waals surface area contributed by atoms with Crippen LogP contribution in [0.5, 0.6) is 0 Å². The van der Waals surface area contributed by atoms with Crippen molar-refractivity contribution in [3.8, 4) is 0 Å². The molecule has 1 saturated carbocycles. The highest BCUT2D eigenvalue weighted by Gasteiger charge is 2.49. The number of rotatable bonds is 2. The quantitative estimate of drug-likeness (QED) is 0.672. The summed E-state index contributed by atoms with van der Waals surface area (Å²) in [5, 5.41) is 9.04. The minimum absolute atomic E-state index is 0.157. The van der Waals surface area contributed by atoms with E-state index in [1.165, 1.54) is 4.90 Å². The average molecular weight is 216 g/mol. The number of hydrogen-bond acceptors (Lipinski definition) is 3. The molecule has 1 aliphatic carbocycles. The number of aliphatic hydroxyl groups is 1. The third-order valence-corrected chi connectivity index (χ3v) is 3.52. The number of halogens is 1. The number of hydrogen-bond donors (Lipinski definition) is 2. The Kier molecular flexibility index (Phi) is 2.47. The molecule has 1 saturated heterocycles. The normalized spacial score (nSPS) is 33.9. The maximum atomic E-state index is 13.8. The first-order valence-electron chi connectivity index (χ1n) is 5.37. The molecule has 5 heteroatoms. The van der Waals surface area contributed by atoms with Gasteiger partial charge in [0.05, 0.1) is 12.1 Å². The van der Waals surface area contributed by atoms with Crippen LogP contribution in [0.4, 0.5) is 4.39 Å².